The van der Waals surface area contributed by atoms with Crippen LogP contribution in [0.1, 0.15) is 19.3 Å². The van der Waals surface area contributed by atoms with Crippen LogP contribution >= 0.6 is 23.2 Å². The Morgan fingerprint density at radius 3 is 2.55 bits per heavy atom. The van der Waals surface area contributed by atoms with Gasteiger partial charge in [-0.15, -0.1) is 0 Å². The maximum absolute atomic E-state index is 12.3. The fraction of sp³-hybridized carbons (Fsp3) is 0.571. The first-order valence-electron chi connectivity index (χ1n) is 7.00. The van der Waals surface area contributed by atoms with Gasteiger partial charge in [0.05, 0.1) is 16.0 Å². The number of hydrogen-bond donors (Lipinski definition) is 0. The number of likely N-dealkylation sites (tertiary alicyclic amines) is 1. The summed E-state index contributed by atoms with van der Waals surface area (Å²) in [5, 5.41) is 1.07. The molecule has 6 heteroatoms. The summed E-state index contributed by atoms with van der Waals surface area (Å²) >= 11 is 12.0. The Hall–Kier alpha value is -1.00. The molecule has 0 radical (unpaired) electrons. The van der Waals surface area contributed by atoms with Gasteiger partial charge in [0, 0.05) is 32.4 Å². The average molecular weight is 314 g/mol. The maximum atomic E-state index is 12.3. The van der Waals surface area contributed by atoms with Crippen molar-refractivity contribution in [1.29, 1.82) is 0 Å². The van der Waals surface area contributed by atoms with Crippen LogP contribution in [0, 0.1) is 5.92 Å². The Morgan fingerprint density at radius 1 is 1.20 bits per heavy atom. The summed E-state index contributed by atoms with van der Waals surface area (Å²) < 4.78 is 0. The molecule has 108 valence electrons. The number of amides is 1. The molecule has 20 heavy (non-hydrogen) atoms. The minimum absolute atomic E-state index is 0.0849. The molecule has 2 saturated heterocycles. The Bertz CT molecular complexity index is 511. The van der Waals surface area contributed by atoms with E-state index in [4.69, 9.17) is 23.2 Å². The van der Waals surface area contributed by atoms with E-state index in [0.29, 0.717) is 23.1 Å². The molecule has 0 N–H and O–H groups in total. The van der Waals surface area contributed by atoms with Crippen LogP contribution in [-0.2, 0) is 4.79 Å². The Balaban J connectivity index is 1.59. The van der Waals surface area contributed by atoms with Crippen molar-refractivity contribution in [2.45, 2.75) is 19.3 Å². The second-order valence-corrected chi connectivity index (χ2v) is 6.29. The molecule has 4 nitrogen and oxygen atoms in total. The van der Waals surface area contributed by atoms with Gasteiger partial charge >= 0.3 is 0 Å². The average Bonchev–Trinajstić information content (AvgIpc) is 2.40. The monoisotopic (exact) mass is 313 g/mol. The summed E-state index contributed by atoms with van der Waals surface area (Å²) in [5.74, 6) is 1.09. The van der Waals surface area contributed by atoms with Crippen molar-refractivity contribution in [3.8, 4) is 0 Å². The van der Waals surface area contributed by atoms with Crippen molar-refractivity contribution in [2.24, 2.45) is 5.92 Å². The molecule has 1 aromatic heterocycles. The largest absolute Gasteiger partial charge is 0.354 e. The molecule has 0 bridgehead atoms. The minimum atomic E-state index is 0.0849. The predicted molar refractivity (Wildman–Crippen MR) is 80.4 cm³/mol. The standard InChI is InChI=1S/C14H17Cl2N3O/c15-11-6-12(16)13(17-7-11)19-8-10(9-19)14(20)18-4-2-1-3-5-18/h6-7,10H,1-5,8-9H2. The van der Waals surface area contributed by atoms with Gasteiger partial charge in [-0.3, -0.25) is 4.79 Å². The molecule has 2 fully saturated rings. The highest BCUT2D eigenvalue weighted by Gasteiger charge is 2.37. The Morgan fingerprint density at radius 2 is 1.90 bits per heavy atom. The number of nitrogens with zero attached hydrogens (tertiary/aromatic N) is 3. The number of carbonyl (C=O) groups is 1. The van der Waals surface area contributed by atoms with Gasteiger partial charge in [0.25, 0.3) is 0 Å². The van der Waals surface area contributed by atoms with Gasteiger partial charge in [-0.05, 0) is 25.3 Å². The fourth-order valence-electron chi connectivity index (χ4n) is 2.82. The molecule has 1 aromatic rings. The molecule has 0 saturated carbocycles. The first-order valence-corrected chi connectivity index (χ1v) is 7.75. The molecule has 3 rings (SSSR count). The number of rotatable bonds is 2. The van der Waals surface area contributed by atoms with Gasteiger partial charge in [0.15, 0.2) is 0 Å². The van der Waals surface area contributed by atoms with E-state index in [9.17, 15) is 4.79 Å². The van der Waals surface area contributed by atoms with Gasteiger partial charge in [-0.25, -0.2) is 4.98 Å². The highest BCUT2D eigenvalue weighted by Crippen LogP contribution is 2.31. The highest BCUT2D eigenvalue weighted by molar-refractivity contribution is 6.36. The summed E-state index contributed by atoms with van der Waals surface area (Å²) in [6.07, 6.45) is 5.09. The third-order valence-corrected chi connectivity index (χ3v) is 4.47. The van der Waals surface area contributed by atoms with Gasteiger partial charge in [-0.2, -0.15) is 0 Å². The summed E-state index contributed by atoms with van der Waals surface area (Å²) in [6.45, 7) is 3.22. The van der Waals surface area contributed by atoms with Crippen molar-refractivity contribution < 1.29 is 4.79 Å². The van der Waals surface area contributed by atoms with Crippen molar-refractivity contribution in [1.82, 2.24) is 9.88 Å². The van der Waals surface area contributed by atoms with E-state index in [1.807, 2.05) is 9.80 Å². The second-order valence-electron chi connectivity index (χ2n) is 5.45. The van der Waals surface area contributed by atoms with Gasteiger partial charge in [0.1, 0.15) is 5.82 Å². The van der Waals surface area contributed by atoms with Crippen LogP contribution in [-0.4, -0.2) is 42.0 Å². The third-order valence-electron chi connectivity index (χ3n) is 3.99. The van der Waals surface area contributed by atoms with E-state index in [0.717, 1.165) is 31.7 Å². The summed E-state index contributed by atoms with van der Waals surface area (Å²) in [4.78, 5) is 20.6. The SMILES string of the molecule is O=C(C1CN(c2ncc(Cl)cc2Cl)C1)N1CCCCC1. The molecule has 3 heterocycles. The number of hydrogen-bond acceptors (Lipinski definition) is 3. The first kappa shape index (κ1) is 14.0. The quantitative estimate of drug-likeness (QED) is 0.842. The smallest absolute Gasteiger partial charge is 0.229 e. The van der Waals surface area contributed by atoms with Gasteiger partial charge < -0.3 is 9.80 Å². The van der Waals surface area contributed by atoms with Crippen LogP contribution in [0.25, 0.3) is 0 Å². The topological polar surface area (TPSA) is 36.4 Å². The zero-order chi connectivity index (χ0) is 14.1. The molecule has 2 aliphatic rings. The molecular weight excluding hydrogens is 297 g/mol. The van der Waals surface area contributed by atoms with Crippen LogP contribution in [0.15, 0.2) is 12.3 Å². The third kappa shape index (κ3) is 2.72. The molecule has 0 aliphatic carbocycles. The van der Waals surface area contributed by atoms with Crippen molar-refractivity contribution >= 4 is 34.9 Å². The van der Waals surface area contributed by atoms with Gasteiger partial charge in [-0.1, -0.05) is 23.2 Å². The van der Waals surface area contributed by atoms with Crippen molar-refractivity contribution in [3.63, 3.8) is 0 Å². The Kier molecular flexibility index (Phi) is 4.03. The zero-order valence-corrected chi connectivity index (χ0v) is 12.7. The van der Waals surface area contributed by atoms with Gasteiger partial charge in [0.2, 0.25) is 5.91 Å². The molecule has 0 unspecified atom stereocenters. The van der Waals surface area contributed by atoms with Crippen LogP contribution < -0.4 is 4.90 Å². The minimum Gasteiger partial charge on any atom is -0.354 e. The number of pyridine rings is 1. The Labute approximate surface area is 128 Å². The second kappa shape index (κ2) is 5.78. The lowest BCUT2D eigenvalue weighted by molar-refractivity contribution is -0.137. The normalized spacial score (nSPS) is 19.9. The summed E-state index contributed by atoms with van der Waals surface area (Å²) in [5.41, 5.74) is 0. The van der Waals surface area contributed by atoms with Crippen LogP contribution in [0.3, 0.4) is 0 Å². The lowest BCUT2D eigenvalue weighted by Gasteiger charge is -2.42. The molecule has 0 aromatic carbocycles. The van der Waals surface area contributed by atoms with E-state index in [1.165, 1.54) is 6.42 Å². The van der Waals surface area contributed by atoms with Crippen molar-refractivity contribution in [2.75, 3.05) is 31.1 Å². The van der Waals surface area contributed by atoms with Crippen LogP contribution in [0.5, 0.6) is 0 Å². The lowest BCUT2D eigenvalue weighted by Crippen LogP contribution is -2.55. The first-order chi connectivity index (χ1) is 9.65. The van der Waals surface area contributed by atoms with E-state index in [-0.39, 0.29) is 11.8 Å². The lowest BCUT2D eigenvalue weighted by atomic mass is 9.97. The fourth-order valence-corrected chi connectivity index (χ4v) is 3.32. The number of halogens is 2. The number of anilines is 1. The van der Waals surface area contributed by atoms with E-state index < -0.39 is 0 Å². The maximum Gasteiger partial charge on any atom is 0.229 e. The van der Waals surface area contributed by atoms with Crippen molar-refractivity contribution in [3.05, 3.63) is 22.3 Å². The summed E-state index contributed by atoms with van der Waals surface area (Å²) in [7, 11) is 0. The molecule has 1 amide bonds. The van der Waals surface area contributed by atoms with E-state index in [2.05, 4.69) is 4.98 Å². The van der Waals surface area contributed by atoms with E-state index >= 15 is 0 Å². The molecular formula is C14H17Cl2N3O. The van der Waals surface area contributed by atoms with Crippen LogP contribution in [0.2, 0.25) is 10.0 Å². The molecule has 0 spiro atoms. The summed E-state index contributed by atoms with van der Waals surface area (Å²) in [6, 6.07) is 1.69. The number of aromatic nitrogens is 1. The highest BCUT2D eigenvalue weighted by atomic mass is 35.5. The molecule has 0 atom stereocenters. The van der Waals surface area contributed by atoms with E-state index in [1.54, 1.807) is 12.3 Å². The number of piperidine rings is 1. The predicted octanol–water partition coefficient (Wildman–Crippen LogP) is 2.84. The zero-order valence-electron chi connectivity index (χ0n) is 11.2. The number of carbonyl (C=O) groups excluding carboxylic acids is 1. The van der Waals surface area contributed by atoms with Crippen LogP contribution in [0.4, 0.5) is 5.82 Å². The molecule has 2 aliphatic heterocycles.